The average molecular weight is 293 g/mol. The van der Waals surface area contributed by atoms with E-state index in [1.54, 1.807) is 0 Å². The van der Waals surface area contributed by atoms with Gasteiger partial charge in [0.25, 0.3) is 0 Å². The zero-order chi connectivity index (χ0) is 13.9. The lowest BCUT2D eigenvalue weighted by molar-refractivity contribution is 0.164. The number of hydrogen-bond acceptors (Lipinski definition) is 3. The fourth-order valence-electron chi connectivity index (χ4n) is 2.95. The van der Waals surface area contributed by atoms with Crippen molar-refractivity contribution in [3.8, 4) is 0 Å². The summed E-state index contributed by atoms with van der Waals surface area (Å²) in [4.78, 5) is 7.19. The smallest absolute Gasteiger partial charge is 0.137 e. The molecule has 4 nitrogen and oxygen atoms in total. The number of halogens is 1. The van der Waals surface area contributed by atoms with Crippen molar-refractivity contribution >= 4 is 17.2 Å². The molecule has 108 valence electrons. The van der Waals surface area contributed by atoms with Crippen molar-refractivity contribution in [2.75, 3.05) is 19.6 Å². The topological polar surface area (TPSA) is 32.6 Å². The molecule has 2 aromatic rings. The van der Waals surface area contributed by atoms with Crippen LogP contribution in [0.3, 0.4) is 0 Å². The molecule has 1 aliphatic heterocycles. The van der Waals surface area contributed by atoms with E-state index in [1.165, 1.54) is 12.8 Å². The summed E-state index contributed by atoms with van der Waals surface area (Å²) in [6.45, 7) is 6.43. The summed E-state index contributed by atoms with van der Waals surface area (Å²) in [6, 6.07) is 4.47. The highest BCUT2D eigenvalue weighted by molar-refractivity contribution is 6.30. The van der Waals surface area contributed by atoms with Crippen LogP contribution in [0.5, 0.6) is 0 Å². The second kappa shape index (κ2) is 6.12. The largest absolute Gasteiger partial charge is 0.315 e. The van der Waals surface area contributed by atoms with Gasteiger partial charge in [0.1, 0.15) is 5.65 Å². The molecule has 0 bridgehead atoms. The maximum atomic E-state index is 6.02. The van der Waals surface area contributed by atoms with Gasteiger partial charge in [0.15, 0.2) is 0 Å². The van der Waals surface area contributed by atoms with E-state index >= 15 is 0 Å². The van der Waals surface area contributed by atoms with Crippen molar-refractivity contribution in [1.82, 2.24) is 19.6 Å². The highest BCUT2D eigenvalue weighted by Gasteiger charge is 2.20. The van der Waals surface area contributed by atoms with Crippen molar-refractivity contribution < 1.29 is 0 Å². The minimum Gasteiger partial charge on any atom is -0.315 e. The lowest BCUT2D eigenvalue weighted by Crippen LogP contribution is -2.45. The van der Waals surface area contributed by atoms with E-state index in [4.69, 9.17) is 11.6 Å². The van der Waals surface area contributed by atoms with Gasteiger partial charge in [-0.25, -0.2) is 4.98 Å². The lowest BCUT2D eigenvalue weighted by Gasteiger charge is -2.33. The first kappa shape index (κ1) is 13.9. The second-order valence-electron chi connectivity index (χ2n) is 5.41. The van der Waals surface area contributed by atoms with E-state index in [1.807, 2.05) is 22.7 Å². The summed E-state index contributed by atoms with van der Waals surface area (Å²) in [5.74, 6) is 0. The molecule has 0 radical (unpaired) electrons. The summed E-state index contributed by atoms with van der Waals surface area (Å²) in [5, 5.41) is 4.23. The summed E-state index contributed by atoms with van der Waals surface area (Å²) >= 11 is 6.02. The quantitative estimate of drug-likeness (QED) is 0.940. The lowest BCUT2D eigenvalue weighted by atomic mass is 10.1. The van der Waals surface area contributed by atoms with Gasteiger partial charge in [0.2, 0.25) is 0 Å². The van der Waals surface area contributed by atoms with Crippen LogP contribution in [0.15, 0.2) is 24.5 Å². The average Bonchev–Trinajstić information content (AvgIpc) is 2.87. The Morgan fingerprint density at radius 3 is 3.10 bits per heavy atom. The van der Waals surface area contributed by atoms with Crippen LogP contribution in [0, 0.1) is 0 Å². The summed E-state index contributed by atoms with van der Waals surface area (Å²) in [6.07, 6.45) is 6.54. The normalized spacial score (nSPS) is 19.9. The first-order valence-corrected chi connectivity index (χ1v) is 7.72. The molecule has 1 aliphatic rings. The highest BCUT2D eigenvalue weighted by Crippen LogP contribution is 2.16. The molecule has 1 saturated heterocycles. The number of imidazole rings is 1. The Balaban J connectivity index is 1.76. The second-order valence-corrected chi connectivity index (χ2v) is 5.84. The molecule has 1 unspecified atom stereocenters. The van der Waals surface area contributed by atoms with Gasteiger partial charge >= 0.3 is 0 Å². The van der Waals surface area contributed by atoms with Crippen LogP contribution < -0.4 is 5.32 Å². The number of hydrogen-bond donors (Lipinski definition) is 1. The Labute approximate surface area is 124 Å². The van der Waals surface area contributed by atoms with Crippen molar-refractivity contribution in [3.63, 3.8) is 0 Å². The molecule has 1 fully saturated rings. The third-order valence-corrected chi connectivity index (χ3v) is 4.25. The Hall–Kier alpha value is -1.10. The van der Waals surface area contributed by atoms with Crippen LogP contribution in [0.4, 0.5) is 0 Å². The van der Waals surface area contributed by atoms with E-state index in [0.29, 0.717) is 6.04 Å². The number of pyridine rings is 1. The van der Waals surface area contributed by atoms with Crippen LogP contribution in [0.25, 0.3) is 5.65 Å². The Bertz CT molecular complexity index is 574. The van der Waals surface area contributed by atoms with Crippen molar-refractivity contribution in [1.29, 1.82) is 0 Å². The Morgan fingerprint density at radius 2 is 2.35 bits per heavy atom. The molecule has 2 aromatic heterocycles. The van der Waals surface area contributed by atoms with Gasteiger partial charge in [-0.1, -0.05) is 18.5 Å². The first-order chi connectivity index (χ1) is 9.76. The predicted octanol–water partition coefficient (Wildman–Crippen LogP) is 2.56. The molecule has 5 heteroatoms. The molecule has 3 rings (SSSR count). The number of piperidine rings is 1. The molecule has 0 amide bonds. The fraction of sp³-hybridized carbons (Fsp3) is 0.533. The maximum Gasteiger partial charge on any atom is 0.137 e. The van der Waals surface area contributed by atoms with E-state index in [9.17, 15) is 0 Å². The molecule has 1 atom stereocenters. The zero-order valence-electron chi connectivity index (χ0n) is 11.8. The molecule has 3 heterocycles. The first-order valence-electron chi connectivity index (χ1n) is 7.34. The molecule has 0 aromatic carbocycles. The number of aromatic nitrogens is 2. The standard InChI is InChI=1S/C15H21ClN4/c1-2-19(14-4-3-7-17-8-14)10-13-11-20-9-12(16)5-6-15(20)18-13/h5-6,9,11,14,17H,2-4,7-8,10H2,1H3. The third kappa shape index (κ3) is 2.97. The van der Waals surface area contributed by atoms with Gasteiger partial charge in [-0.3, -0.25) is 4.90 Å². The maximum absolute atomic E-state index is 6.02. The van der Waals surface area contributed by atoms with Crippen LogP contribution in [-0.2, 0) is 6.54 Å². The summed E-state index contributed by atoms with van der Waals surface area (Å²) in [5.41, 5.74) is 2.07. The van der Waals surface area contributed by atoms with Gasteiger partial charge in [-0.05, 0) is 38.1 Å². The van der Waals surface area contributed by atoms with Gasteiger partial charge in [0.05, 0.1) is 10.7 Å². The molecule has 1 N–H and O–H groups in total. The van der Waals surface area contributed by atoms with Gasteiger partial charge < -0.3 is 9.72 Å². The third-order valence-electron chi connectivity index (χ3n) is 4.02. The zero-order valence-corrected chi connectivity index (χ0v) is 12.6. The summed E-state index contributed by atoms with van der Waals surface area (Å²) in [7, 11) is 0. The molecule has 0 aliphatic carbocycles. The number of likely N-dealkylation sites (N-methyl/N-ethyl adjacent to an activating group) is 1. The number of nitrogens with one attached hydrogen (secondary N) is 1. The van der Waals surface area contributed by atoms with Crippen LogP contribution >= 0.6 is 11.6 Å². The monoisotopic (exact) mass is 292 g/mol. The minimum atomic E-state index is 0.627. The molecule has 0 saturated carbocycles. The molecular formula is C15H21ClN4. The van der Waals surface area contributed by atoms with Crippen LogP contribution in [-0.4, -0.2) is 40.0 Å². The molecule has 0 spiro atoms. The number of rotatable bonds is 4. The van der Waals surface area contributed by atoms with Crippen molar-refractivity contribution in [3.05, 3.63) is 35.2 Å². The number of fused-ring (bicyclic) bond motifs is 1. The van der Waals surface area contributed by atoms with E-state index in [0.717, 1.165) is 42.5 Å². The molecular weight excluding hydrogens is 272 g/mol. The van der Waals surface area contributed by atoms with E-state index in [2.05, 4.69) is 28.3 Å². The van der Waals surface area contributed by atoms with Crippen molar-refractivity contribution in [2.24, 2.45) is 0 Å². The van der Waals surface area contributed by atoms with Gasteiger partial charge in [0, 0.05) is 31.5 Å². The van der Waals surface area contributed by atoms with Gasteiger partial charge in [-0.15, -0.1) is 0 Å². The minimum absolute atomic E-state index is 0.627. The van der Waals surface area contributed by atoms with E-state index < -0.39 is 0 Å². The Kier molecular flexibility index (Phi) is 4.24. The van der Waals surface area contributed by atoms with Gasteiger partial charge in [-0.2, -0.15) is 0 Å². The molecule has 20 heavy (non-hydrogen) atoms. The SMILES string of the molecule is CCN(Cc1cn2cc(Cl)ccc2n1)C1CCCNC1. The van der Waals surface area contributed by atoms with Crippen LogP contribution in [0.1, 0.15) is 25.5 Å². The van der Waals surface area contributed by atoms with Crippen molar-refractivity contribution in [2.45, 2.75) is 32.4 Å². The number of nitrogens with zero attached hydrogens (tertiary/aromatic N) is 3. The summed E-state index contributed by atoms with van der Waals surface area (Å²) < 4.78 is 2.00. The highest BCUT2D eigenvalue weighted by atomic mass is 35.5. The predicted molar refractivity (Wildman–Crippen MR) is 82.2 cm³/mol. The van der Waals surface area contributed by atoms with E-state index in [-0.39, 0.29) is 0 Å². The van der Waals surface area contributed by atoms with Crippen LogP contribution in [0.2, 0.25) is 5.02 Å². The fourth-order valence-corrected chi connectivity index (χ4v) is 3.11. The Morgan fingerprint density at radius 1 is 1.45 bits per heavy atom.